The fraction of sp³-hybridized carbons (Fsp3) is 0.222. The lowest BCUT2D eigenvalue weighted by molar-refractivity contribution is -0.116. The van der Waals surface area contributed by atoms with Gasteiger partial charge in [-0.25, -0.2) is 9.67 Å². The molecule has 0 fully saturated rings. The normalized spacial score (nSPS) is 14.9. The number of amides is 1. The fourth-order valence-electron chi connectivity index (χ4n) is 4.83. The van der Waals surface area contributed by atoms with Gasteiger partial charge >= 0.3 is 0 Å². The molecule has 1 unspecified atom stereocenters. The Labute approximate surface area is 211 Å². The van der Waals surface area contributed by atoms with E-state index in [9.17, 15) is 9.59 Å². The van der Waals surface area contributed by atoms with Gasteiger partial charge < -0.3 is 5.32 Å². The summed E-state index contributed by atoms with van der Waals surface area (Å²) in [6.07, 6.45) is 1.75. The summed E-state index contributed by atoms with van der Waals surface area (Å²) in [7, 11) is 0. The highest BCUT2D eigenvalue weighted by atomic mass is 32.2. The summed E-state index contributed by atoms with van der Waals surface area (Å²) < 4.78 is 3.38. The molecule has 9 heteroatoms. The Kier molecular flexibility index (Phi) is 5.37. The van der Waals surface area contributed by atoms with Gasteiger partial charge in [-0.05, 0) is 44.5 Å². The van der Waals surface area contributed by atoms with Gasteiger partial charge in [0.2, 0.25) is 5.91 Å². The molecule has 1 atom stereocenters. The number of nitrogens with one attached hydrogen (secondary N) is 1. The molecule has 180 valence electrons. The van der Waals surface area contributed by atoms with Crippen LogP contribution in [0.3, 0.4) is 0 Å². The van der Waals surface area contributed by atoms with Crippen LogP contribution in [0.15, 0.2) is 64.7 Å². The van der Waals surface area contributed by atoms with Crippen LogP contribution in [-0.2, 0) is 4.79 Å². The van der Waals surface area contributed by atoms with Crippen molar-refractivity contribution in [3.05, 3.63) is 81.9 Å². The number of hydrogen-bond donors (Lipinski definition) is 1. The predicted octanol–water partition coefficient (Wildman–Crippen LogP) is 4.73. The molecule has 1 aliphatic rings. The third-order valence-electron chi connectivity index (χ3n) is 6.49. The summed E-state index contributed by atoms with van der Waals surface area (Å²) in [5.74, 6) is 0.456. The van der Waals surface area contributed by atoms with Crippen LogP contribution in [0.4, 0.5) is 5.69 Å². The number of thioether (sulfide) groups is 1. The zero-order valence-electron chi connectivity index (χ0n) is 20.1. The number of carbonyl (C=O) groups is 1. The smallest absolute Gasteiger partial charge is 0.265 e. The number of nitrogens with zero attached hydrogens (tertiary/aromatic N) is 5. The fourth-order valence-corrected chi connectivity index (χ4v) is 5.96. The van der Waals surface area contributed by atoms with Crippen LogP contribution >= 0.6 is 11.8 Å². The van der Waals surface area contributed by atoms with Crippen molar-refractivity contribution in [2.75, 3.05) is 11.1 Å². The average molecular weight is 497 g/mol. The van der Waals surface area contributed by atoms with Crippen molar-refractivity contribution in [1.29, 1.82) is 0 Å². The van der Waals surface area contributed by atoms with Crippen LogP contribution < -0.4 is 10.9 Å². The number of rotatable bonds is 4. The first-order valence-electron chi connectivity index (χ1n) is 11.8. The van der Waals surface area contributed by atoms with Crippen LogP contribution in [0, 0.1) is 20.8 Å². The minimum absolute atomic E-state index is 0.151. The summed E-state index contributed by atoms with van der Waals surface area (Å²) in [5, 5.41) is 9.46. The SMILES string of the molecule is Cc1ccc(-n2ncc3c(=O)n4c(nc32)SCC4CC(=O)Nc2cc(C)nc3ccccc23)c(C)c1. The zero-order valence-corrected chi connectivity index (χ0v) is 21.0. The van der Waals surface area contributed by atoms with E-state index in [1.807, 2.05) is 63.2 Å². The van der Waals surface area contributed by atoms with E-state index in [-0.39, 0.29) is 23.9 Å². The van der Waals surface area contributed by atoms with E-state index in [0.29, 0.717) is 21.9 Å². The van der Waals surface area contributed by atoms with Crippen LogP contribution in [0.1, 0.15) is 29.3 Å². The number of benzene rings is 2. The van der Waals surface area contributed by atoms with Gasteiger partial charge in [0.15, 0.2) is 10.8 Å². The monoisotopic (exact) mass is 496 g/mol. The second kappa shape index (κ2) is 8.60. The molecule has 3 aromatic heterocycles. The molecule has 2 aromatic carbocycles. The van der Waals surface area contributed by atoms with Crippen molar-refractivity contribution in [3.8, 4) is 5.69 Å². The minimum Gasteiger partial charge on any atom is -0.325 e. The Balaban J connectivity index is 1.31. The van der Waals surface area contributed by atoms with Crippen molar-refractivity contribution < 1.29 is 4.79 Å². The van der Waals surface area contributed by atoms with Crippen LogP contribution in [0.5, 0.6) is 0 Å². The molecular weight excluding hydrogens is 472 g/mol. The van der Waals surface area contributed by atoms with Crippen molar-refractivity contribution in [3.63, 3.8) is 0 Å². The van der Waals surface area contributed by atoms with E-state index < -0.39 is 0 Å². The maximum absolute atomic E-state index is 13.5. The van der Waals surface area contributed by atoms with E-state index >= 15 is 0 Å². The molecule has 1 amide bonds. The van der Waals surface area contributed by atoms with Crippen LogP contribution in [0.2, 0.25) is 0 Å². The van der Waals surface area contributed by atoms with Crippen LogP contribution in [0.25, 0.3) is 27.6 Å². The molecule has 0 spiro atoms. The Bertz CT molecular complexity index is 1740. The van der Waals surface area contributed by atoms with Gasteiger partial charge in [0.1, 0.15) is 5.39 Å². The molecule has 1 aliphatic heterocycles. The molecule has 0 aliphatic carbocycles. The predicted molar refractivity (Wildman–Crippen MR) is 142 cm³/mol. The molecular formula is C27H24N6O2S. The zero-order chi connectivity index (χ0) is 25.0. The van der Waals surface area contributed by atoms with E-state index in [1.165, 1.54) is 11.8 Å². The number of aromatic nitrogens is 5. The minimum atomic E-state index is -0.284. The Hall–Kier alpha value is -3.98. The lowest BCUT2D eigenvalue weighted by atomic mass is 10.1. The maximum Gasteiger partial charge on any atom is 0.265 e. The highest BCUT2D eigenvalue weighted by Crippen LogP contribution is 2.34. The second-order valence-corrected chi connectivity index (χ2v) is 10.2. The number of pyridine rings is 1. The third kappa shape index (κ3) is 3.76. The van der Waals surface area contributed by atoms with Gasteiger partial charge in [0.05, 0.1) is 29.1 Å². The quantitative estimate of drug-likeness (QED) is 0.362. The van der Waals surface area contributed by atoms with Gasteiger partial charge in [0.25, 0.3) is 5.56 Å². The van der Waals surface area contributed by atoms with E-state index in [1.54, 1.807) is 15.4 Å². The number of carbonyl (C=O) groups excluding carboxylic acids is 1. The summed E-state index contributed by atoms with van der Waals surface area (Å²) in [6.45, 7) is 5.97. The summed E-state index contributed by atoms with van der Waals surface area (Å²) in [4.78, 5) is 35.9. The molecule has 0 saturated carbocycles. The standard InChI is InChI=1S/C27H24N6O2S/c1-15-8-9-23(16(2)10-15)33-25-20(13-28-33)26(35)32-18(14-36-27(32)31-25)12-24(34)30-22-11-17(3)29-21-7-5-4-6-19(21)22/h4-11,13,18H,12,14H2,1-3H3,(H,29,30,34). The second-order valence-electron chi connectivity index (χ2n) is 9.20. The number of hydrogen-bond acceptors (Lipinski definition) is 6. The number of aryl methyl sites for hydroxylation is 3. The van der Waals surface area contributed by atoms with E-state index in [4.69, 9.17) is 4.98 Å². The summed E-state index contributed by atoms with van der Waals surface area (Å²) in [5.41, 5.74) is 5.87. The summed E-state index contributed by atoms with van der Waals surface area (Å²) >= 11 is 1.49. The largest absolute Gasteiger partial charge is 0.325 e. The molecule has 0 saturated heterocycles. The summed E-state index contributed by atoms with van der Waals surface area (Å²) in [6, 6.07) is 15.4. The molecule has 6 rings (SSSR count). The highest BCUT2D eigenvalue weighted by Gasteiger charge is 2.30. The van der Waals surface area contributed by atoms with Gasteiger partial charge in [0, 0.05) is 23.3 Å². The first-order valence-corrected chi connectivity index (χ1v) is 12.7. The molecule has 0 bridgehead atoms. The Morgan fingerprint density at radius 3 is 2.75 bits per heavy atom. The van der Waals surface area contributed by atoms with Crippen molar-refractivity contribution in [2.24, 2.45) is 0 Å². The van der Waals surface area contributed by atoms with E-state index in [2.05, 4.69) is 21.5 Å². The Morgan fingerprint density at radius 1 is 1.08 bits per heavy atom. The average Bonchev–Trinajstić information content (AvgIpc) is 3.44. The molecule has 0 radical (unpaired) electrons. The first-order chi connectivity index (χ1) is 17.4. The third-order valence-corrected chi connectivity index (χ3v) is 7.59. The van der Waals surface area contributed by atoms with Gasteiger partial charge in [-0.2, -0.15) is 5.10 Å². The molecule has 36 heavy (non-hydrogen) atoms. The lowest BCUT2D eigenvalue weighted by Gasteiger charge is -2.15. The van der Waals surface area contributed by atoms with Gasteiger partial charge in [-0.1, -0.05) is 47.7 Å². The van der Waals surface area contributed by atoms with E-state index in [0.717, 1.165) is 39.1 Å². The Morgan fingerprint density at radius 2 is 1.92 bits per heavy atom. The number of para-hydroxylation sites is 1. The first kappa shape index (κ1) is 22.5. The molecule has 4 heterocycles. The molecule has 5 aromatic rings. The van der Waals surface area contributed by atoms with Gasteiger partial charge in [-0.3, -0.25) is 19.1 Å². The number of anilines is 1. The van der Waals surface area contributed by atoms with Gasteiger partial charge in [-0.15, -0.1) is 0 Å². The van der Waals surface area contributed by atoms with Crippen molar-refractivity contribution in [1.82, 2.24) is 24.3 Å². The highest BCUT2D eigenvalue weighted by molar-refractivity contribution is 7.99. The van der Waals surface area contributed by atoms with Crippen molar-refractivity contribution in [2.45, 2.75) is 38.4 Å². The maximum atomic E-state index is 13.5. The number of fused-ring (bicyclic) bond motifs is 3. The lowest BCUT2D eigenvalue weighted by Crippen LogP contribution is -2.27. The molecule has 8 nitrogen and oxygen atoms in total. The van der Waals surface area contributed by atoms with Crippen LogP contribution in [-0.4, -0.2) is 36.0 Å². The molecule has 1 N–H and O–H groups in total. The van der Waals surface area contributed by atoms with Crippen molar-refractivity contribution >= 4 is 45.3 Å². The topological polar surface area (TPSA) is 94.7 Å².